The van der Waals surface area contributed by atoms with Gasteiger partial charge in [0, 0.05) is 12.6 Å². The average molecular weight is 188 g/mol. The number of carbonyl (C=O) groups is 1. The predicted octanol–water partition coefficient (Wildman–Crippen LogP) is 0.103. The third kappa shape index (κ3) is 2.57. The van der Waals surface area contributed by atoms with Gasteiger partial charge >= 0.3 is 6.03 Å². The summed E-state index contributed by atoms with van der Waals surface area (Å²) in [6.07, 6.45) is 1.00. The Kier molecular flexibility index (Phi) is 3.50. The van der Waals surface area contributed by atoms with Crippen LogP contribution in [0.15, 0.2) is 0 Å². The number of nitrogens with zero attached hydrogens (tertiary/aromatic N) is 1. The molecule has 1 saturated heterocycles. The average Bonchev–Trinajstić information content (AvgIpc) is 2.04. The molecule has 2 N–H and O–H groups in total. The number of rotatable bonds is 1. The molecule has 76 valence electrons. The molecule has 0 aromatic rings. The summed E-state index contributed by atoms with van der Waals surface area (Å²) < 4.78 is 0. The molecule has 0 radical (unpaired) electrons. The summed E-state index contributed by atoms with van der Waals surface area (Å²) in [4.78, 5) is 17.5. The van der Waals surface area contributed by atoms with Gasteiger partial charge in [0.05, 0.1) is 13.2 Å². The van der Waals surface area contributed by atoms with Crippen LogP contribution in [0.1, 0.15) is 19.8 Å². The molecule has 2 amide bonds. The molecule has 2 atom stereocenters. The van der Waals surface area contributed by atoms with Crippen molar-refractivity contribution in [3.63, 3.8) is 0 Å². The first-order valence-electron chi connectivity index (χ1n) is 4.42. The van der Waals surface area contributed by atoms with Crippen LogP contribution in [0.2, 0.25) is 0 Å². The van der Waals surface area contributed by atoms with Crippen LogP contribution in [0.4, 0.5) is 4.79 Å². The first-order chi connectivity index (χ1) is 6.15. The summed E-state index contributed by atoms with van der Waals surface area (Å²) in [5.41, 5.74) is 2.27. The molecule has 13 heavy (non-hydrogen) atoms. The number of hydrogen-bond donors (Lipinski definition) is 2. The number of hydroxylamine groups is 1. The Morgan fingerprint density at radius 3 is 2.92 bits per heavy atom. The molecule has 1 fully saturated rings. The fourth-order valence-electron chi connectivity index (χ4n) is 1.59. The first kappa shape index (κ1) is 10.3. The molecule has 1 rings (SSSR count). The molecular weight excluding hydrogens is 172 g/mol. The molecule has 0 aromatic carbocycles. The van der Waals surface area contributed by atoms with E-state index in [2.05, 4.69) is 10.3 Å². The van der Waals surface area contributed by atoms with Gasteiger partial charge in [-0.3, -0.25) is 4.84 Å². The van der Waals surface area contributed by atoms with Gasteiger partial charge in [0.15, 0.2) is 0 Å². The first-order valence-corrected chi connectivity index (χ1v) is 4.42. The van der Waals surface area contributed by atoms with Crippen molar-refractivity contribution in [2.45, 2.75) is 31.9 Å². The van der Waals surface area contributed by atoms with Gasteiger partial charge in [0.25, 0.3) is 0 Å². The quantitative estimate of drug-likeness (QED) is 0.574. The van der Waals surface area contributed by atoms with Crippen molar-refractivity contribution in [3.8, 4) is 0 Å². The van der Waals surface area contributed by atoms with E-state index in [4.69, 9.17) is 0 Å². The predicted molar refractivity (Wildman–Crippen MR) is 46.9 cm³/mol. The summed E-state index contributed by atoms with van der Waals surface area (Å²) in [5, 5.41) is 9.32. The summed E-state index contributed by atoms with van der Waals surface area (Å²) in [5.74, 6) is 0. The lowest BCUT2D eigenvalue weighted by molar-refractivity contribution is 0.0399. The zero-order valence-electron chi connectivity index (χ0n) is 7.99. The smallest absolute Gasteiger partial charge is 0.341 e. The SMILES string of the molecule is CONC(=O)N1CC[C@H](O)C[C@@H]1C. The number of likely N-dealkylation sites (tertiary alicyclic amines) is 1. The second-order valence-corrected chi connectivity index (χ2v) is 3.33. The van der Waals surface area contributed by atoms with Gasteiger partial charge in [-0.15, -0.1) is 0 Å². The highest BCUT2D eigenvalue weighted by Crippen LogP contribution is 2.16. The summed E-state index contributed by atoms with van der Waals surface area (Å²) in [6.45, 7) is 2.50. The van der Waals surface area contributed by atoms with E-state index in [1.807, 2.05) is 6.92 Å². The Morgan fingerprint density at radius 2 is 2.38 bits per heavy atom. The van der Waals surface area contributed by atoms with Crippen molar-refractivity contribution in [2.24, 2.45) is 0 Å². The number of aliphatic hydroxyl groups is 1. The fraction of sp³-hybridized carbons (Fsp3) is 0.875. The lowest BCUT2D eigenvalue weighted by Crippen LogP contribution is -2.50. The molecule has 0 saturated carbocycles. The maximum absolute atomic E-state index is 11.3. The standard InChI is InChI=1S/C8H16N2O3/c1-6-5-7(11)3-4-10(6)8(12)9-13-2/h6-7,11H,3-5H2,1-2H3,(H,9,12)/t6-,7-/m0/s1. The van der Waals surface area contributed by atoms with Crippen LogP contribution in [0.3, 0.4) is 0 Å². The Morgan fingerprint density at radius 1 is 1.69 bits per heavy atom. The molecule has 0 aromatic heterocycles. The zero-order chi connectivity index (χ0) is 9.84. The molecular formula is C8H16N2O3. The van der Waals surface area contributed by atoms with Gasteiger partial charge in [-0.25, -0.2) is 10.3 Å². The van der Waals surface area contributed by atoms with Crippen LogP contribution in [0.25, 0.3) is 0 Å². The van der Waals surface area contributed by atoms with Crippen molar-refractivity contribution in [3.05, 3.63) is 0 Å². The molecule has 5 nitrogen and oxygen atoms in total. The Balaban J connectivity index is 2.45. The highest BCUT2D eigenvalue weighted by atomic mass is 16.6. The van der Waals surface area contributed by atoms with E-state index in [1.165, 1.54) is 7.11 Å². The van der Waals surface area contributed by atoms with E-state index in [9.17, 15) is 9.90 Å². The number of amides is 2. The van der Waals surface area contributed by atoms with E-state index < -0.39 is 0 Å². The second-order valence-electron chi connectivity index (χ2n) is 3.33. The summed E-state index contributed by atoms with van der Waals surface area (Å²) in [6, 6.07) is -0.166. The molecule has 5 heteroatoms. The number of nitrogens with one attached hydrogen (secondary N) is 1. The molecule has 0 unspecified atom stereocenters. The maximum atomic E-state index is 11.3. The van der Waals surface area contributed by atoms with Gasteiger partial charge in [0.1, 0.15) is 0 Å². The number of urea groups is 1. The van der Waals surface area contributed by atoms with Crippen molar-refractivity contribution >= 4 is 6.03 Å². The molecule has 1 aliphatic rings. The molecule has 0 aliphatic carbocycles. The third-order valence-electron chi connectivity index (χ3n) is 2.30. The minimum Gasteiger partial charge on any atom is -0.393 e. The largest absolute Gasteiger partial charge is 0.393 e. The van der Waals surface area contributed by atoms with E-state index in [-0.39, 0.29) is 18.2 Å². The lowest BCUT2D eigenvalue weighted by atomic mass is 10.0. The fourth-order valence-corrected chi connectivity index (χ4v) is 1.59. The second kappa shape index (κ2) is 4.43. The number of carbonyl (C=O) groups excluding carboxylic acids is 1. The van der Waals surface area contributed by atoms with Gasteiger partial charge in [-0.2, -0.15) is 0 Å². The molecule has 0 bridgehead atoms. The third-order valence-corrected chi connectivity index (χ3v) is 2.30. The van der Waals surface area contributed by atoms with Gasteiger partial charge in [0.2, 0.25) is 0 Å². The van der Waals surface area contributed by atoms with Crippen LogP contribution < -0.4 is 5.48 Å². The normalized spacial score (nSPS) is 28.7. The van der Waals surface area contributed by atoms with Crippen LogP contribution in [-0.4, -0.2) is 41.8 Å². The number of hydrogen-bond acceptors (Lipinski definition) is 3. The van der Waals surface area contributed by atoms with E-state index in [1.54, 1.807) is 4.90 Å². The number of piperidine rings is 1. The van der Waals surface area contributed by atoms with Crippen LogP contribution in [0, 0.1) is 0 Å². The molecule has 1 heterocycles. The van der Waals surface area contributed by atoms with Gasteiger partial charge in [-0.1, -0.05) is 0 Å². The Labute approximate surface area is 77.6 Å². The number of aliphatic hydroxyl groups excluding tert-OH is 1. The van der Waals surface area contributed by atoms with E-state index in [0.29, 0.717) is 19.4 Å². The minimum absolute atomic E-state index is 0.0684. The van der Waals surface area contributed by atoms with E-state index in [0.717, 1.165) is 0 Å². The van der Waals surface area contributed by atoms with Crippen LogP contribution in [0.5, 0.6) is 0 Å². The van der Waals surface area contributed by atoms with Crippen LogP contribution in [-0.2, 0) is 4.84 Å². The maximum Gasteiger partial charge on any atom is 0.341 e. The topological polar surface area (TPSA) is 61.8 Å². The Hall–Kier alpha value is -0.810. The Bertz CT molecular complexity index is 186. The minimum atomic E-state index is -0.276. The van der Waals surface area contributed by atoms with Crippen molar-refractivity contribution in [2.75, 3.05) is 13.7 Å². The zero-order valence-corrected chi connectivity index (χ0v) is 7.99. The van der Waals surface area contributed by atoms with E-state index >= 15 is 0 Å². The molecule has 0 spiro atoms. The molecule has 1 aliphatic heterocycles. The van der Waals surface area contributed by atoms with Gasteiger partial charge in [-0.05, 0) is 19.8 Å². The van der Waals surface area contributed by atoms with Crippen molar-refractivity contribution in [1.82, 2.24) is 10.4 Å². The lowest BCUT2D eigenvalue weighted by Gasteiger charge is -2.35. The highest BCUT2D eigenvalue weighted by Gasteiger charge is 2.27. The summed E-state index contributed by atoms with van der Waals surface area (Å²) >= 11 is 0. The highest BCUT2D eigenvalue weighted by molar-refractivity contribution is 5.73. The van der Waals surface area contributed by atoms with Crippen molar-refractivity contribution in [1.29, 1.82) is 0 Å². The summed E-state index contributed by atoms with van der Waals surface area (Å²) in [7, 11) is 1.40. The monoisotopic (exact) mass is 188 g/mol. The van der Waals surface area contributed by atoms with Gasteiger partial charge < -0.3 is 10.0 Å². The van der Waals surface area contributed by atoms with Crippen LogP contribution >= 0.6 is 0 Å². The van der Waals surface area contributed by atoms with Crippen molar-refractivity contribution < 1.29 is 14.7 Å².